The Labute approximate surface area is 479 Å². The van der Waals surface area contributed by atoms with E-state index in [1.165, 1.54) is 196 Å². The lowest BCUT2D eigenvalue weighted by Gasteiger charge is -2.23. The van der Waals surface area contributed by atoms with Crippen LogP contribution in [0.2, 0.25) is 0 Å². The van der Waals surface area contributed by atoms with Gasteiger partial charge in [-0.05, 0) is 232 Å². The van der Waals surface area contributed by atoms with Crippen molar-refractivity contribution >= 4 is 129 Å². The predicted molar refractivity (Wildman–Crippen MR) is 358 cm³/mol. The van der Waals surface area contributed by atoms with Crippen LogP contribution in [0.4, 0.5) is 0 Å². The maximum Gasteiger partial charge on any atom is 0.0159 e. The number of hydrogen-bond acceptors (Lipinski definition) is 0. The second-order valence-electron chi connectivity index (χ2n) is 24.2. The molecule has 0 atom stereocenters. The first-order chi connectivity index (χ1) is 40.9. The van der Waals surface area contributed by atoms with Crippen molar-refractivity contribution in [3.05, 3.63) is 278 Å². The molecule has 1 aliphatic carbocycles. The number of fused-ring (bicyclic) bond motifs is 15. The van der Waals surface area contributed by atoms with Gasteiger partial charge in [-0.25, -0.2) is 0 Å². The summed E-state index contributed by atoms with van der Waals surface area (Å²) in [5.41, 5.74) is 15.1. The van der Waals surface area contributed by atoms with E-state index in [0.29, 0.717) is 0 Å². The highest BCUT2D eigenvalue weighted by atomic mass is 14.4. The lowest BCUT2D eigenvalue weighted by molar-refractivity contribution is 0.662. The van der Waals surface area contributed by atoms with Crippen LogP contribution in [-0.4, -0.2) is 0 Å². The van der Waals surface area contributed by atoms with Crippen LogP contribution in [0.5, 0.6) is 0 Å². The number of rotatable bonds is 4. The molecule has 83 heavy (non-hydrogen) atoms. The van der Waals surface area contributed by atoms with Gasteiger partial charge in [0, 0.05) is 5.41 Å². The summed E-state index contributed by atoms with van der Waals surface area (Å²) < 4.78 is 0. The average molecular weight is 1050 g/mol. The van der Waals surface area contributed by atoms with Gasteiger partial charge in [-0.2, -0.15) is 0 Å². The zero-order chi connectivity index (χ0) is 54.4. The molecule has 0 aromatic heterocycles. The van der Waals surface area contributed by atoms with Crippen molar-refractivity contribution in [1.29, 1.82) is 0 Å². The van der Waals surface area contributed by atoms with Crippen molar-refractivity contribution in [2.75, 3.05) is 0 Å². The van der Waals surface area contributed by atoms with E-state index in [1.807, 2.05) is 0 Å². The molecule has 0 spiro atoms. The molecule has 1 aliphatic rings. The van der Waals surface area contributed by atoms with Crippen LogP contribution in [0.3, 0.4) is 0 Å². The largest absolute Gasteiger partial charge is 0.0616 e. The molecule has 0 bridgehead atoms. The maximum absolute atomic E-state index is 2.55. The fraction of sp³-hybridized carbons (Fsp3) is 0.0361. The Hall–Kier alpha value is -10.4. The van der Waals surface area contributed by atoms with Crippen LogP contribution in [0, 0.1) is 0 Å². The van der Waals surface area contributed by atoms with Crippen LogP contribution < -0.4 is 0 Å². The smallest absolute Gasteiger partial charge is 0.0159 e. The van der Waals surface area contributed by atoms with Crippen LogP contribution in [0.1, 0.15) is 25.0 Å². The van der Waals surface area contributed by atoms with E-state index < -0.39 is 0 Å². The van der Waals surface area contributed by atoms with Crippen LogP contribution >= 0.6 is 0 Å². The minimum Gasteiger partial charge on any atom is -0.0616 e. The van der Waals surface area contributed by atoms with Gasteiger partial charge >= 0.3 is 0 Å². The Morgan fingerprint density at radius 3 is 0.867 bits per heavy atom. The molecule has 0 unspecified atom stereocenters. The van der Waals surface area contributed by atoms with Gasteiger partial charge in [-0.1, -0.05) is 244 Å². The highest BCUT2D eigenvalue weighted by Crippen LogP contribution is 2.54. The Morgan fingerprint density at radius 1 is 0.181 bits per heavy atom. The zero-order valence-corrected chi connectivity index (χ0v) is 45.9. The summed E-state index contributed by atoms with van der Waals surface area (Å²) in [6.45, 7) is 4.88. The molecular weight excluding hydrogens is 997 g/mol. The van der Waals surface area contributed by atoms with E-state index in [-0.39, 0.29) is 5.41 Å². The van der Waals surface area contributed by atoms with Gasteiger partial charge in [-0.15, -0.1) is 0 Å². The van der Waals surface area contributed by atoms with E-state index in [1.54, 1.807) is 0 Å². The van der Waals surface area contributed by atoms with Crippen molar-refractivity contribution in [2.24, 2.45) is 0 Å². The second kappa shape index (κ2) is 16.4. The quantitative estimate of drug-likeness (QED) is 0.154. The van der Waals surface area contributed by atoms with Crippen molar-refractivity contribution in [3.8, 4) is 55.6 Å². The molecule has 0 saturated heterocycles. The van der Waals surface area contributed by atoms with E-state index in [0.717, 1.165) is 0 Å². The molecule has 18 aromatic carbocycles. The fourth-order valence-electron chi connectivity index (χ4n) is 15.6. The first-order valence-electron chi connectivity index (χ1n) is 29.3. The Bertz CT molecular complexity index is 5460. The molecule has 0 aliphatic heterocycles. The van der Waals surface area contributed by atoms with Crippen molar-refractivity contribution in [3.63, 3.8) is 0 Å². The Morgan fingerprint density at radius 2 is 0.470 bits per heavy atom. The van der Waals surface area contributed by atoms with Gasteiger partial charge in [0.05, 0.1) is 0 Å². The molecule has 0 amide bonds. The van der Waals surface area contributed by atoms with Crippen LogP contribution in [0.15, 0.2) is 267 Å². The highest BCUT2D eigenvalue weighted by Gasteiger charge is 2.37. The third-order valence-corrected chi connectivity index (χ3v) is 19.7. The van der Waals surface area contributed by atoms with Crippen molar-refractivity contribution < 1.29 is 0 Å². The van der Waals surface area contributed by atoms with Gasteiger partial charge in [0.2, 0.25) is 0 Å². The van der Waals surface area contributed by atoms with Gasteiger partial charge in [0.25, 0.3) is 0 Å². The maximum atomic E-state index is 2.55. The second-order valence-corrected chi connectivity index (χ2v) is 24.2. The molecule has 382 valence electrons. The van der Waals surface area contributed by atoms with Crippen LogP contribution in [0.25, 0.3) is 185 Å². The minimum absolute atomic E-state index is 0.226. The summed E-state index contributed by atoms with van der Waals surface area (Å²) in [6.07, 6.45) is 0. The van der Waals surface area contributed by atoms with Gasteiger partial charge in [0.15, 0.2) is 0 Å². The molecule has 0 saturated carbocycles. The topological polar surface area (TPSA) is 0 Å². The first-order valence-corrected chi connectivity index (χ1v) is 29.3. The lowest BCUT2D eigenvalue weighted by atomic mass is 9.80. The van der Waals surface area contributed by atoms with E-state index in [2.05, 4.69) is 281 Å². The number of hydrogen-bond donors (Lipinski definition) is 0. The molecule has 0 N–H and O–H groups in total. The average Bonchev–Trinajstić information content (AvgIpc) is 2.42. The predicted octanol–water partition coefficient (Wildman–Crippen LogP) is 23.4. The highest BCUT2D eigenvalue weighted by molar-refractivity contribution is 6.30. The summed E-state index contributed by atoms with van der Waals surface area (Å²) >= 11 is 0. The lowest BCUT2D eigenvalue weighted by Crippen LogP contribution is -2.15. The minimum atomic E-state index is -0.226. The first kappa shape index (κ1) is 45.3. The SMILES string of the molecule is CC1(C)c2cc3c4ccc(-c5ccc(-c6ccc7ccc8cccc9ccc6c7c89)cc5)cc4c4ccccc4c3cc2-c2cc3c4ccccc4c4cc(-c5ccc(-c6ccc7ccc8cccc9ccc6c7c89)cc5)ccc4c3cc21. The van der Waals surface area contributed by atoms with Crippen LogP contribution in [-0.2, 0) is 5.41 Å². The molecule has 18 aromatic rings. The zero-order valence-electron chi connectivity index (χ0n) is 45.9. The molecule has 0 heterocycles. The fourth-order valence-corrected chi connectivity index (χ4v) is 15.6. The standard InChI is InChI=1S/C83H50/c1-83(2)77-45-73-65-37-33-57(47-17-21-49(22-18-47)59-35-29-55-27-25-51-9-7-11-53-31-39-67(59)81(55)79(51)53)41-69(65)61-13-3-5-15-63(61)71(73)43-75(77)76-44-72-64-16-6-4-14-62(64)70-42-58(34-38-66(70)74(72)46-78(76)83)48-19-23-50(24-20-48)60-36-30-56-28-26-52-10-8-12-54-32-40-68(60)82(56)80(52)54/h3-46H,1-2H3. The monoisotopic (exact) mass is 1050 g/mol. The molecular formula is C83H50. The van der Waals surface area contributed by atoms with E-state index in [4.69, 9.17) is 0 Å². The molecule has 0 heteroatoms. The third-order valence-electron chi connectivity index (χ3n) is 19.7. The van der Waals surface area contributed by atoms with Crippen molar-refractivity contribution in [2.45, 2.75) is 19.3 Å². The third kappa shape index (κ3) is 6.25. The molecule has 0 fully saturated rings. The van der Waals surface area contributed by atoms with Crippen molar-refractivity contribution in [1.82, 2.24) is 0 Å². The van der Waals surface area contributed by atoms with Gasteiger partial charge in [-0.3, -0.25) is 0 Å². The summed E-state index contributed by atoms with van der Waals surface area (Å²) in [4.78, 5) is 0. The summed E-state index contributed by atoms with van der Waals surface area (Å²) in [5, 5.41) is 31.4. The molecule has 0 nitrogen and oxygen atoms in total. The Kier molecular flexibility index (Phi) is 8.95. The Balaban J connectivity index is 0.705. The summed E-state index contributed by atoms with van der Waals surface area (Å²) in [5.74, 6) is 0. The van der Waals surface area contributed by atoms with Gasteiger partial charge < -0.3 is 0 Å². The summed E-state index contributed by atoms with van der Waals surface area (Å²) in [7, 11) is 0. The molecule has 19 rings (SSSR count). The molecule has 0 radical (unpaired) electrons. The number of benzene rings is 18. The van der Waals surface area contributed by atoms with E-state index >= 15 is 0 Å². The van der Waals surface area contributed by atoms with E-state index in [9.17, 15) is 0 Å². The van der Waals surface area contributed by atoms with Gasteiger partial charge in [0.1, 0.15) is 0 Å². The normalized spacial score (nSPS) is 13.3. The summed E-state index contributed by atoms with van der Waals surface area (Å²) in [6, 6.07) is 102.